The topological polar surface area (TPSA) is 66.0 Å². The van der Waals surface area contributed by atoms with Crippen LogP contribution in [0.25, 0.3) is 0 Å². The molecule has 3 aromatic carbocycles. The summed E-state index contributed by atoms with van der Waals surface area (Å²) in [5.74, 6) is 1.64. The van der Waals surface area contributed by atoms with E-state index in [2.05, 4.69) is 63.7 Å². The summed E-state index contributed by atoms with van der Waals surface area (Å²) in [6, 6.07) is 18.1. The first-order valence-corrected chi connectivity index (χ1v) is 10.8. The fourth-order valence-electron chi connectivity index (χ4n) is 2.28. The van der Waals surface area contributed by atoms with Gasteiger partial charge in [-0.2, -0.15) is 10.5 Å². The van der Waals surface area contributed by atoms with E-state index in [9.17, 15) is 10.5 Å². The fourth-order valence-corrected chi connectivity index (χ4v) is 4.61. The van der Waals surface area contributed by atoms with Crippen LogP contribution < -0.4 is 9.47 Å². The Morgan fingerprint density at radius 3 is 1.21 bits per heavy atom. The van der Waals surface area contributed by atoms with E-state index in [1.54, 1.807) is 0 Å². The molecule has 3 rings (SSSR count). The van der Waals surface area contributed by atoms with Crippen molar-refractivity contribution in [2.45, 2.75) is 0 Å². The van der Waals surface area contributed by atoms with E-state index in [4.69, 9.17) is 9.47 Å². The molecule has 3 aromatic rings. The third kappa shape index (κ3) is 4.42. The van der Waals surface area contributed by atoms with Gasteiger partial charge in [0.1, 0.15) is 12.1 Å². The average Bonchev–Trinajstić information content (AvgIpc) is 2.68. The zero-order valence-electron chi connectivity index (χ0n) is 13.8. The van der Waals surface area contributed by atoms with Crippen molar-refractivity contribution < 1.29 is 9.47 Å². The Balaban J connectivity index is 2.15. The highest BCUT2D eigenvalue weighted by molar-refractivity contribution is 9.11. The Morgan fingerprint density at radius 2 is 0.929 bits per heavy atom. The minimum Gasteiger partial charge on any atom is -0.451 e. The monoisotopic (exact) mass is 624 g/mol. The molecule has 0 heterocycles. The van der Waals surface area contributed by atoms with E-state index in [-0.39, 0.29) is 11.1 Å². The molecule has 0 radical (unpaired) electrons. The van der Waals surface area contributed by atoms with Crippen molar-refractivity contribution >= 4 is 63.7 Å². The SMILES string of the molecule is N#Cc1cc(Oc2c(Br)cccc2Br)c(Oc2c(Br)cccc2Br)cc1C#N. The molecule has 0 aliphatic rings. The molecule has 0 unspecified atom stereocenters. The number of nitriles is 2. The molecule has 0 N–H and O–H groups in total. The first kappa shape index (κ1) is 20.9. The van der Waals surface area contributed by atoms with E-state index < -0.39 is 0 Å². The van der Waals surface area contributed by atoms with Crippen molar-refractivity contribution in [1.29, 1.82) is 10.5 Å². The molecule has 4 nitrogen and oxygen atoms in total. The lowest BCUT2D eigenvalue weighted by molar-refractivity contribution is 0.413. The molecule has 0 saturated heterocycles. The largest absolute Gasteiger partial charge is 0.451 e. The minimum atomic E-state index is 0.194. The van der Waals surface area contributed by atoms with Crippen LogP contribution in [0.3, 0.4) is 0 Å². The first-order chi connectivity index (χ1) is 13.4. The molecule has 0 aromatic heterocycles. The number of nitrogens with zero attached hydrogens (tertiary/aromatic N) is 2. The summed E-state index contributed by atoms with van der Waals surface area (Å²) in [6.07, 6.45) is 0. The summed E-state index contributed by atoms with van der Waals surface area (Å²) >= 11 is 13.8. The molecule has 0 bridgehead atoms. The lowest BCUT2D eigenvalue weighted by Crippen LogP contribution is -1.96. The Labute approximate surface area is 195 Å². The molecule has 0 aliphatic heterocycles. The number of ether oxygens (including phenoxy) is 2. The van der Waals surface area contributed by atoms with Gasteiger partial charge >= 0.3 is 0 Å². The third-order valence-corrected chi connectivity index (χ3v) is 6.08. The zero-order chi connectivity index (χ0) is 20.3. The highest BCUT2D eigenvalue weighted by atomic mass is 79.9. The molecule has 8 heteroatoms. The second-order valence-electron chi connectivity index (χ2n) is 5.37. The maximum atomic E-state index is 9.39. The van der Waals surface area contributed by atoms with Crippen LogP contribution in [0, 0.1) is 22.7 Å². The standard InChI is InChI=1S/C20H8Br4N2O2/c21-13-3-1-4-14(22)19(13)27-17-7-11(9-25)12(10-26)8-18(17)28-20-15(23)5-2-6-16(20)24/h1-8H. The van der Waals surface area contributed by atoms with Gasteiger partial charge in [0.2, 0.25) is 0 Å². The summed E-state index contributed by atoms with van der Waals surface area (Å²) < 4.78 is 15.0. The van der Waals surface area contributed by atoms with Crippen molar-refractivity contribution in [3.8, 4) is 35.1 Å². The van der Waals surface area contributed by atoms with Crippen molar-refractivity contribution in [3.63, 3.8) is 0 Å². The Bertz CT molecular complexity index is 1020. The average molecular weight is 628 g/mol. The van der Waals surface area contributed by atoms with E-state index >= 15 is 0 Å². The molecule has 0 aliphatic carbocycles. The summed E-state index contributed by atoms with van der Waals surface area (Å²) in [5.41, 5.74) is 0.387. The maximum absolute atomic E-state index is 9.39. The van der Waals surface area contributed by atoms with Gasteiger partial charge in [-0.15, -0.1) is 0 Å². The minimum absolute atomic E-state index is 0.194. The summed E-state index contributed by atoms with van der Waals surface area (Å²) in [6.45, 7) is 0. The number of benzene rings is 3. The van der Waals surface area contributed by atoms with Crippen LogP contribution in [0.15, 0.2) is 66.4 Å². The maximum Gasteiger partial charge on any atom is 0.171 e. The summed E-state index contributed by atoms with van der Waals surface area (Å²) in [4.78, 5) is 0. The van der Waals surface area contributed by atoms with Gasteiger partial charge in [0.25, 0.3) is 0 Å². The van der Waals surface area contributed by atoms with Crippen LogP contribution in [-0.4, -0.2) is 0 Å². The Kier molecular flexibility index (Phi) is 6.79. The van der Waals surface area contributed by atoms with Crippen molar-refractivity contribution in [3.05, 3.63) is 77.5 Å². The molecule has 0 spiro atoms. The quantitative estimate of drug-likeness (QED) is 0.294. The van der Waals surface area contributed by atoms with Crippen LogP contribution in [0.5, 0.6) is 23.0 Å². The second-order valence-corrected chi connectivity index (χ2v) is 8.79. The molecular weight excluding hydrogens is 620 g/mol. The van der Waals surface area contributed by atoms with E-state index in [0.717, 1.165) is 17.9 Å². The molecule has 0 atom stereocenters. The number of hydrogen-bond donors (Lipinski definition) is 0. The molecule has 0 fully saturated rings. The number of hydrogen-bond acceptors (Lipinski definition) is 4. The van der Waals surface area contributed by atoms with Crippen LogP contribution in [0.1, 0.15) is 11.1 Å². The van der Waals surface area contributed by atoms with Crippen molar-refractivity contribution in [2.75, 3.05) is 0 Å². The lowest BCUT2D eigenvalue weighted by atomic mass is 10.1. The zero-order valence-corrected chi connectivity index (χ0v) is 20.2. The van der Waals surface area contributed by atoms with Gasteiger partial charge in [0.15, 0.2) is 23.0 Å². The van der Waals surface area contributed by atoms with Gasteiger partial charge in [-0.3, -0.25) is 0 Å². The fraction of sp³-hybridized carbons (Fsp3) is 0. The third-order valence-electron chi connectivity index (χ3n) is 3.59. The lowest BCUT2D eigenvalue weighted by Gasteiger charge is -2.16. The van der Waals surface area contributed by atoms with Gasteiger partial charge in [-0.05, 0) is 88.0 Å². The van der Waals surface area contributed by atoms with Crippen LogP contribution in [-0.2, 0) is 0 Å². The number of rotatable bonds is 4. The Hall–Kier alpha value is -1.84. The predicted molar refractivity (Wildman–Crippen MR) is 120 cm³/mol. The molecule has 138 valence electrons. The van der Waals surface area contributed by atoms with Gasteiger partial charge in [-0.1, -0.05) is 12.1 Å². The van der Waals surface area contributed by atoms with Gasteiger partial charge < -0.3 is 9.47 Å². The van der Waals surface area contributed by atoms with Crippen LogP contribution in [0.4, 0.5) is 0 Å². The molecule has 0 amide bonds. The van der Waals surface area contributed by atoms with Gasteiger partial charge in [0.05, 0.1) is 29.0 Å². The molecule has 28 heavy (non-hydrogen) atoms. The normalized spacial score (nSPS) is 10.1. The van der Waals surface area contributed by atoms with Gasteiger partial charge in [-0.25, -0.2) is 0 Å². The smallest absolute Gasteiger partial charge is 0.171 e. The van der Waals surface area contributed by atoms with Crippen molar-refractivity contribution in [2.24, 2.45) is 0 Å². The number of para-hydroxylation sites is 2. The summed E-state index contributed by atoms with van der Waals surface area (Å²) in [5, 5.41) is 18.8. The van der Waals surface area contributed by atoms with E-state index in [1.807, 2.05) is 48.5 Å². The highest BCUT2D eigenvalue weighted by Crippen LogP contribution is 2.44. The molecular formula is C20H8Br4N2O2. The van der Waals surface area contributed by atoms with E-state index in [1.165, 1.54) is 12.1 Å². The molecule has 0 saturated carbocycles. The summed E-state index contributed by atoms with van der Waals surface area (Å²) in [7, 11) is 0. The number of halogens is 4. The highest BCUT2D eigenvalue weighted by Gasteiger charge is 2.18. The van der Waals surface area contributed by atoms with Crippen molar-refractivity contribution in [1.82, 2.24) is 0 Å². The first-order valence-electron chi connectivity index (χ1n) is 7.66. The van der Waals surface area contributed by atoms with Crippen LogP contribution >= 0.6 is 63.7 Å². The second kappa shape index (κ2) is 9.11. The van der Waals surface area contributed by atoms with Gasteiger partial charge in [0, 0.05) is 12.1 Å². The van der Waals surface area contributed by atoms with E-state index in [0.29, 0.717) is 23.0 Å². The predicted octanol–water partition coefficient (Wildman–Crippen LogP) is 8.06. The Morgan fingerprint density at radius 1 is 0.607 bits per heavy atom. The van der Waals surface area contributed by atoms with Crippen LogP contribution in [0.2, 0.25) is 0 Å².